The monoisotopic (exact) mass is 248 g/mol. The summed E-state index contributed by atoms with van der Waals surface area (Å²) in [6, 6.07) is 7.21. The first kappa shape index (κ1) is 12.4. The van der Waals surface area contributed by atoms with E-state index in [1.54, 1.807) is 30.3 Å². The van der Waals surface area contributed by atoms with Crippen molar-refractivity contribution in [3.8, 4) is 0 Å². The van der Waals surface area contributed by atoms with Crippen LogP contribution in [0.5, 0.6) is 0 Å². The Bertz CT molecular complexity index is 429. The summed E-state index contributed by atoms with van der Waals surface area (Å²) >= 11 is 0. The van der Waals surface area contributed by atoms with Gasteiger partial charge in [0.25, 0.3) is 0 Å². The summed E-state index contributed by atoms with van der Waals surface area (Å²) in [5.41, 5.74) is 0.562. The van der Waals surface area contributed by atoms with Gasteiger partial charge in [-0.3, -0.25) is 0 Å². The molecule has 2 rings (SSSR count). The first-order chi connectivity index (χ1) is 8.66. The van der Waals surface area contributed by atoms with E-state index in [1.807, 2.05) is 0 Å². The number of hydrogen-bond donors (Lipinski definition) is 3. The van der Waals surface area contributed by atoms with E-state index >= 15 is 0 Å². The molecular formula is C13H16N2O3. The van der Waals surface area contributed by atoms with Crippen molar-refractivity contribution in [1.29, 1.82) is 0 Å². The molecule has 1 saturated carbocycles. The second-order valence-electron chi connectivity index (χ2n) is 4.48. The van der Waals surface area contributed by atoms with Gasteiger partial charge in [-0.1, -0.05) is 30.3 Å². The van der Waals surface area contributed by atoms with E-state index in [2.05, 4.69) is 10.6 Å². The Kier molecular flexibility index (Phi) is 3.82. The molecule has 0 radical (unpaired) electrons. The maximum absolute atomic E-state index is 11.6. The maximum atomic E-state index is 11.6. The molecule has 18 heavy (non-hydrogen) atoms. The lowest BCUT2D eigenvalue weighted by molar-refractivity contribution is -0.139. The van der Waals surface area contributed by atoms with Gasteiger partial charge in [-0.2, -0.15) is 0 Å². The number of carbonyl (C=O) groups is 2. The summed E-state index contributed by atoms with van der Waals surface area (Å²) < 4.78 is 0. The minimum Gasteiger partial charge on any atom is -0.479 e. The number of hydrogen-bond acceptors (Lipinski definition) is 2. The Morgan fingerprint density at radius 3 is 2.50 bits per heavy atom. The van der Waals surface area contributed by atoms with Gasteiger partial charge in [0.2, 0.25) is 0 Å². The van der Waals surface area contributed by atoms with Crippen molar-refractivity contribution >= 4 is 12.0 Å². The van der Waals surface area contributed by atoms with Gasteiger partial charge in [0.05, 0.1) is 0 Å². The maximum Gasteiger partial charge on any atom is 0.330 e. The minimum atomic E-state index is -1.07. The summed E-state index contributed by atoms with van der Waals surface area (Å²) in [6.07, 6.45) is 2.28. The van der Waals surface area contributed by atoms with Gasteiger partial charge in [0, 0.05) is 6.54 Å². The molecule has 1 aromatic rings. The zero-order chi connectivity index (χ0) is 13.0. The van der Waals surface area contributed by atoms with E-state index in [1.165, 1.54) is 0 Å². The summed E-state index contributed by atoms with van der Waals surface area (Å²) in [5, 5.41) is 14.3. The molecule has 0 aliphatic heterocycles. The van der Waals surface area contributed by atoms with Crippen LogP contribution in [0.4, 0.5) is 4.79 Å². The number of amides is 2. The summed E-state index contributed by atoms with van der Waals surface area (Å²) in [7, 11) is 0. The van der Waals surface area contributed by atoms with Crippen molar-refractivity contribution in [2.45, 2.75) is 18.9 Å². The number of carbonyl (C=O) groups excluding carboxylic acids is 1. The topological polar surface area (TPSA) is 78.4 Å². The van der Waals surface area contributed by atoms with Gasteiger partial charge in [-0.05, 0) is 24.3 Å². The van der Waals surface area contributed by atoms with Crippen LogP contribution in [-0.2, 0) is 4.79 Å². The van der Waals surface area contributed by atoms with Crippen LogP contribution in [0, 0.1) is 5.92 Å². The van der Waals surface area contributed by atoms with Crippen molar-refractivity contribution in [1.82, 2.24) is 10.6 Å². The molecule has 1 aliphatic rings. The van der Waals surface area contributed by atoms with Crippen LogP contribution in [0.15, 0.2) is 30.3 Å². The van der Waals surface area contributed by atoms with Crippen molar-refractivity contribution in [2.75, 3.05) is 6.54 Å². The van der Waals surface area contributed by atoms with E-state index in [9.17, 15) is 9.59 Å². The molecule has 0 spiro atoms. The number of nitrogens with one attached hydrogen (secondary N) is 2. The van der Waals surface area contributed by atoms with Crippen molar-refractivity contribution in [3.63, 3.8) is 0 Å². The first-order valence-corrected chi connectivity index (χ1v) is 5.99. The van der Waals surface area contributed by atoms with Gasteiger partial charge < -0.3 is 15.7 Å². The van der Waals surface area contributed by atoms with Crippen LogP contribution in [0.1, 0.15) is 24.4 Å². The molecule has 5 nitrogen and oxygen atoms in total. The van der Waals surface area contributed by atoms with Gasteiger partial charge in [0.1, 0.15) is 0 Å². The Labute approximate surface area is 105 Å². The van der Waals surface area contributed by atoms with Crippen molar-refractivity contribution < 1.29 is 14.7 Å². The highest BCUT2D eigenvalue weighted by Gasteiger charge is 2.24. The molecular weight excluding hydrogens is 232 g/mol. The molecule has 0 heterocycles. The molecule has 1 fully saturated rings. The second-order valence-corrected chi connectivity index (χ2v) is 4.48. The van der Waals surface area contributed by atoms with E-state index in [-0.39, 0.29) is 0 Å². The van der Waals surface area contributed by atoms with Gasteiger partial charge in [-0.25, -0.2) is 9.59 Å². The molecule has 1 aliphatic carbocycles. The molecule has 3 N–H and O–H groups in total. The number of aliphatic carboxylic acids is 1. The molecule has 5 heteroatoms. The molecule has 1 atom stereocenters. The third kappa shape index (κ3) is 3.48. The average molecular weight is 248 g/mol. The molecule has 1 aromatic carbocycles. The third-order valence-corrected chi connectivity index (χ3v) is 2.90. The predicted octanol–water partition coefficient (Wildman–Crippen LogP) is 1.52. The number of carboxylic acids is 1. The Morgan fingerprint density at radius 2 is 1.94 bits per heavy atom. The third-order valence-electron chi connectivity index (χ3n) is 2.90. The molecule has 1 unspecified atom stereocenters. The fourth-order valence-corrected chi connectivity index (χ4v) is 1.67. The highest BCUT2D eigenvalue weighted by Crippen LogP contribution is 2.27. The van der Waals surface area contributed by atoms with Crippen molar-refractivity contribution in [2.24, 2.45) is 5.92 Å². The normalized spacial score (nSPS) is 15.8. The van der Waals surface area contributed by atoms with Gasteiger partial charge in [0.15, 0.2) is 6.04 Å². The fraction of sp³-hybridized carbons (Fsp3) is 0.385. The Balaban J connectivity index is 1.93. The molecule has 2 amide bonds. The molecule has 0 saturated heterocycles. The van der Waals surface area contributed by atoms with Crippen LogP contribution < -0.4 is 10.6 Å². The van der Waals surface area contributed by atoms with E-state index in [4.69, 9.17) is 5.11 Å². The number of benzene rings is 1. The summed E-state index contributed by atoms with van der Waals surface area (Å²) in [6.45, 7) is 0.618. The summed E-state index contributed by atoms with van der Waals surface area (Å²) in [5.74, 6) is -0.501. The fourth-order valence-electron chi connectivity index (χ4n) is 1.67. The van der Waals surface area contributed by atoms with Crippen molar-refractivity contribution in [3.05, 3.63) is 35.9 Å². The highest BCUT2D eigenvalue weighted by atomic mass is 16.4. The van der Waals surface area contributed by atoms with Crippen LogP contribution in [0.25, 0.3) is 0 Å². The number of rotatable bonds is 5. The van der Waals surface area contributed by atoms with Crippen LogP contribution >= 0.6 is 0 Å². The Morgan fingerprint density at radius 1 is 1.28 bits per heavy atom. The smallest absolute Gasteiger partial charge is 0.330 e. The molecule has 0 aromatic heterocycles. The predicted molar refractivity (Wildman–Crippen MR) is 66.1 cm³/mol. The van der Waals surface area contributed by atoms with E-state index < -0.39 is 18.0 Å². The van der Waals surface area contributed by atoms with Gasteiger partial charge >= 0.3 is 12.0 Å². The van der Waals surface area contributed by atoms with E-state index in [0.29, 0.717) is 18.0 Å². The quantitative estimate of drug-likeness (QED) is 0.739. The second kappa shape index (κ2) is 5.53. The highest BCUT2D eigenvalue weighted by molar-refractivity contribution is 5.83. The Hall–Kier alpha value is -2.04. The average Bonchev–Trinajstić information content (AvgIpc) is 3.18. The SMILES string of the molecule is O=C(NCC1CC1)NC(C(=O)O)c1ccccc1. The number of carboxylic acid groups (broad SMARTS) is 1. The van der Waals surface area contributed by atoms with Gasteiger partial charge in [-0.15, -0.1) is 0 Å². The lowest BCUT2D eigenvalue weighted by Crippen LogP contribution is -2.41. The van der Waals surface area contributed by atoms with Crippen LogP contribution in [0.2, 0.25) is 0 Å². The van der Waals surface area contributed by atoms with Crippen LogP contribution in [-0.4, -0.2) is 23.7 Å². The number of urea groups is 1. The standard InChI is InChI=1S/C13H16N2O3/c16-12(17)11(10-4-2-1-3-5-10)15-13(18)14-8-9-6-7-9/h1-5,9,11H,6-8H2,(H,16,17)(H2,14,15,18). The lowest BCUT2D eigenvalue weighted by Gasteiger charge is -2.15. The zero-order valence-corrected chi connectivity index (χ0v) is 9.93. The lowest BCUT2D eigenvalue weighted by atomic mass is 10.1. The summed E-state index contributed by atoms with van der Waals surface area (Å²) in [4.78, 5) is 22.7. The van der Waals surface area contributed by atoms with Crippen LogP contribution in [0.3, 0.4) is 0 Å². The van der Waals surface area contributed by atoms with E-state index in [0.717, 1.165) is 12.8 Å². The molecule has 0 bridgehead atoms. The first-order valence-electron chi connectivity index (χ1n) is 5.99. The molecule has 96 valence electrons. The minimum absolute atomic E-state index is 0.432. The largest absolute Gasteiger partial charge is 0.479 e. The zero-order valence-electron chi connectivity index (χ0n) is 9.93.